The lowest BCUT2D eigenvalue weighted by atomic mass is 9.98. The minimum Gasteiger partial charge on any atom is -0.383 e. The lowest BCUT2D eigenvalue weighted by Gasteiger charge is -2.34. The number of aromatic nitrogens is 3. The molecular weight excluding hydrogens is 581 g/mol. The van der Waals surface area contributed by atoms with Crippen LogP contribution in [0.25, 0.3) is 22.2 Å². The van der Waals surface area contributed by atoms with Gasteiger partial charge in [0.1, 0.15) is 5.65 Å². The normalized spacial score (nSPS) is 17.0. The first-order valence-corrected chi connectivity index (χ1v) is 15.2. The molecule has 1 atom stereocenters. The summed E-state index contributed by atoms with van der Waals surface area (Å²) >= 11 is 12.8. The molecule has 3 aromatic carbocycles. The van der Waals surface area contributed by atoms with E-state index in [9.17, 15) is 4.79 Å². The van der Waals surface area contributed by atoms with Crippen LogP contribution in [0.15, 0.2) is 83.8 Å². The third-order valence-corrected chi connectivity index (χ3v) is 8.90. The van der Waals surface area contributed by atoms with Gasteiger partial charge < -0.3 is 20.4 Å². The second kappa shape index (κ2) is 11.5. The monoisotopic (exact) mass is 611 g/mol. The molecule has 0 radical (unpaired) electrons. The molecule has 0 bridgehead atoms. The van der Waals surface area contributed by atoms with Crippen molar-refractivity contribution >= 4 is 57.2 Å². The molecule has 2 aromatic heterocycles. The molecule has 2 aliphatic rings. The highest BCUT2D eigenvalue weighted by molar-refractivity contribution is 6.36. The van der Waals surface area contributed by atoms with E-state index in [1.807, 2.05) is 30.3 Å². The van der Waals surface area contributed by atoms with Crippen LogP contribution in [0, 0.1) is 0 Å². The molecule has 1 saturated heterocycles. The van der Waals surface area contributed by atoms with Crippen LogP contribution in [-0.4, -0.2) is 59.2 Å². The smallest absolute Gasteiger partial charge is 0.260 e. The third-order valence-electron chi connectivity index (χ3n) is 8.35. The molecule has 218 valence electrons. The van der Waals surface area contributed by atoms with Crippen molar-refractivity contribution in [3.8, 4) is 11.1 Å². The molecule has 0 saturated carbocycles. The number of para-hydroxylation sites is 1. The van der Waals surface area contributed by atoms with Gasteiger partial charge in [-0.15, -0.1) is 0 Å². The molecule has 7 rings (SSSR count). The second-order valence-electron chi connectivity index (χ2n) is 11.2. The fraction of sp³-hybridized carbons (Fsp3) is 0.242. The summed E-state index contributed by atoms with van der Waals surface area (Å²) in [6, 6.07) is 23.4. The summed E-state index contributed by atoms with van der Waals surface area (Å²) in [4.78, 5) is 28.5. The fourth-order valence-corrected chi connectivity index (χ4v) is 6.49. The Morgan fingerprint density at radius 2 is 1.72 bits per heavy atom. The predicted molar refractivity (Wildman–Crippen MR) is 176 cm³/mol. The summed E-state index contributed by atoms with van der Waals surface area (Å²) in [5.41, 5.74) is 5.83. The van der Waals surface area contributed by atoms with E-state index in [0.717, 1.165) is 48.5 Å². The van der Waals surface area contributed by atoms with Gasteiger partial charge in [0.15, 0.2) is 0 Å². The molecule has 0 amide bonds. The Morgan fingerprint density at radius 3 is 2.51 bits per heavy atom. The van der Waals surface area contributed by atoms with Crippen LogP contribution in [0.1, 0.15) is 11.6 Å². The Bertz CT molecular complexity index is 1870. The lowest BCUT2D eigenvalue weighted by Crippen LogP contribution is -2.44. The van der Waals surface area contributed by atoms with E-state index in [0.29, 0.717) is 45.7 Å². The van der Waals surface area contributed by atoms with Crippen LogP contribution in [0.3, 0.4) is 0 Å². The number of likely N-dealkylation sites (N-methyl/N-ethyl adjacent to an activating group) is 1. The Hall–Kier alpha value is -4.11. The van der Waals surface area contributed by atoms with Crippen molar-refractivity contribution < 1.29 is 0 Å². The highest BCUT2D eigenvalue weighted by Gasteiger charge is 2.25. The van der Waals surface area contributed by atoms with Crippen LogP contribution < -0.4 is 21.1 Å². The summed E-state index contributed by atoms with van der Waals surface area (Å²) in [7, 11) is 2.16. The maximum Gasteiger partial charge on any atom is 0.260 e. The first-order valence-electron chi connectivity index (χ1n) is 14.4. The standard InChI is InChI=1S/C33H31Cl2N7O/c1-40-12-14-41(15-13-40)25-9-7-24(8-10-25)38-33-37-19-22-17-28(27-11-6-23(34)18-29(27)35)32(43)42(31(22)39-33)26-16-21-4-2-3-5-30(21)36-20-26/h2-11,17-19,26,36H,12-16,20H2,1H3,(H,37,38,39). The number of halogens is 2. The van der Waals surface area contributed by atoms with Crippen LogP contribution in [0.2, 0.25) is 10.0 Å². The molecule has 10 heteroatoms. The summed E-state index contributed by atoms with van der Waals surface area (Å²) in [5.74, 6) is 0.425. The van der Waals surface area contributed by atoms with Gasteiger partial charge >= 0.3 is 0 Å². The zero-order chi connectivity index (χ0) is 29.5. The van der Waals surface area contributed by atoms with Crippen LogP contribution in [0.5, 0.6) is 0 Å². The molecule has 1 unspecified atom stereocenters. The van der Waals surface area contributed by atoms with Gasteiger partial charge in [0.2, 0.25) is 5.95 Å². The molecule has 5 aromatic rings. The third kappa shape index (κ3) is 5.54. The number of piperazine rings is 1. The fourth-order valence-electron chi connectivity index (χ4n) is 5.98. The molecule has 0 spiro atoms. The number of hydrogen-bond acceptors (Lipinski definition) is 7. The number of hydrogen-bond donors (Lipinski definition) is 2. The number of rotatable bonds is 5. The van der Waals surface area contributed by atoms with E-state index in [-0.39, 0.29) is 11.6 Å². The number of nitrogens with one attached hydrogen (secondary N) is 2. The molecule has 1 fully saturated rings. The van der Waals surface area contributed by atoms with Crippen molar-refractivity contribution in [1.82, 2.24) is 19.4 Å². The Labute approximate surface area is 259 Å². The predicted octanol–water partition coefficient (Wildman–Crippen LogP) is 6.47. The zero-order valence-electron chi connectivity index (χ0n) is 23.7. The Morgan fingerprint density at radius 1 is 0.930 bits per heavy atom. The van der Waals surface area contributed by atoms with Crippen molar-refractivity contribution in [2.75, 3.05) is 55.3 Å². The van der Waals surface area contributed by atoms with Crippen molar-refractivity contribution in [2.45, 2.75) is 12.5 Å². The van der Waals surface area contributed by atoms with E-state index < -0.39 is 0 Å². The average molecular weight is 613 g/mol. The van der Waals surface area contributed by atoms with Gasteiger partial charge in [-0.2, -0.15) is 4.98 Å². The van der Waals surface area contributed by atoms with E-state index >= 15 is 0 Å². The van der Waals surface area contributed by atoms with E-state index in [1.165, 1.54) is 5.69 Å². The molecular formula is C33H31Cl2N7O. The minimum absolute atomic E-state index is 0.163. The van der Waals surface area contributed by atoms with Crippen LogP contribution >= 0.6 is 23.2 Å². The summed E-state index contributed by atoms with van der Waals surface area (Å²) < 4.78 is 1.79. The van der Waals surface area contributed by atoms with E-state index in [4.69, 9.17) is 28.2 Å². The summed E-state index contributed by atoms with van der Waals surface area (Å²) in [5, 5.41) is 8.52. The molecule has 0 aliphatic carbocycles. The van der Waals surface area contributed by atoms with Crippen molar-refractivity contribution in [1.29, 1.82) is 0 Å². The minimum atomic E-state index is -0.165. The first kappa shape index (κ1) is 27.7. The van der Waals surface area contributed by atoms with Gasteiger partial charge in [-0.1, -0.05) is 47.5 Å². The maximum atomic E-state index is 14.3. The van der Waals surface area contributed by atoms with Crippen LogP contribution in [0.4, 0.5) is 23.0 Å². The van der Waals surface area contributed by atoms with Crippen molar-refractivity contribution in [3.05, 3.63) is 105 Å². The first-order chi connectivity index (χ1) is 20.9. The molecule has 2 aliphatic heterocycles. The Kier molecular flexibility index (Phi) is 7.43. The van der Waals surface area contributed by atoms with Crippen LogP contribution in [-0.2, 0) is 6.42 Å². The molecule has 43 heavy (non-hydrogen) atoms. The zero-order valence-corrected chi connectivity index (χ0v) is 25.2. The average Bonchev–Trinajstić information content (AvgIpc) is 3.02. The SMILES string of the molecule is CN1CCN(c2ccc(Nc3ncc4cc(-c5ccc(Cl)cc5Cl)c(=O)n(C5CNc6ccccc6C5)c4n3)cc2)CC1. The second-order valence-corrected chi connectivity index (χ2v) is 12.0. The number of pyridine rings is 1. The molecule has 4 heterocycles. The molecule has 8 nitrogen and oxygen atoms in total. The quantitative estimate of drug-likeness (QED) is 0.236. The number of anilines is 4. The van der Waals surface area contributed by atoms with Gasteiger partial charge in [-0.3, -0.25) is 9.36 Å². The Balaban J connectivity index is 1.27. The summed E-state index contributed by atoms with van der Waals surface area (Å²) in [6.45, 7) is 4.72. The van der Waals surface area contributed by atoms with E-state index in [2.05, 4.69) is 56.7 Å². The van der Waals surface area contributed by atoms with Gasteiger partial charge in [0, 0.05) is 77.5 Å². The van der Waals surface area contributed by atoms with Gasteiger partial charge in [-0.25, -0.2) is 4.98 Å². The van der Waals surface area contributed by atoms with Gasteiger partial charge in [-0.05, 0) is 67.6 Å². The van der Waals surface area contributed by atoms with Gasteiger partial charge in [0.25, 0.3) is 5.56 Å². The number of nitrogens with zero attached hydrogens (tertiary/aromatic N) is 5. The highest BCUT2D eigenvalue weighted by atomic mass is 35.5. The number of fused-ring (bicyclic) bond motifs is 2. The maximum absolute atomic E-state index is 14.3. The van der Waals surface area contributed by atoms with E-state index in [1.54, 1.807) is 29.0 Å². The van der Waals surface area contributed by atoms with Crippen molar-refractivity contribution in [2.24, 2.45) is 0 Å². The van der Waals surface area contributed by atoms with Crippen molar-refractivity contribution in [3.63, 3.8) is 0 Å². The van der Waals surface area contributed by atoms with Gasteiger partial charge in [0.05, 0.1) is 11.1 Å². The largest absolute Gasteiger partial charge is 0.383 e. The molecule has 2 N–H and O–H groups in total. The number of benzene rings is 3. The highest BCUT2D eigenvalue weighted by Crippen LogP contribution is 2.33. The lowest BCUT2D eigenvalue weighted by molar-refractivity contribution is 0.313. The summed E-state index contributed by atoms with van der Waals surface area (Å²) in [6.07, 6.45) is 2.45. The topological polar surface area (TPSA) is 78.3 Å².